The molecule has 0 saturated heterocycles. The topological polar surface area (TPSA) is 199 Å². The molecule has 0 bridgehead atoms. The fourth-order valence-electron chi connectivity index (χ4n) is 4.83. The zero-order valence-corrected chi connectivity index (χ0v) is 27.6. The van der Waals surface area contributed by atoms with Gasteiger partial charge in [0.1, 0.15) is 29.0 Å². The van der Waals surface area contributed by atoms with Crippen molar-refractivity contribution in [1.29, 1.82) is 0 Å². The molecule has 1 heterocycles. The highest BCUT2D eigenvalue weighted by Crippen LogP contribution is 2.43. The Labute approximate surface area is 254 Å². The van der Waals surface area contributed by atoms with Crippen LogP contribution in [0.15, 0.2) is 9.89 Å². The minimum absolute atomic E-state index is 0.00281. The number of hydrogen-bond acceptors (Lipinski definition) is 8. The number of carboxylic acid groups (broad SMARTS) is 1. The van der Waals surface area contributed by atoms with E-state index in [9.17, 15) is 27.9 Å². The van der Waals surface area contributed by atoms with Crippen molar-refractivity contribution in [2.24, 2.45) is 16.6 Å². The van der Waals surface area contributed by atoms with E-state index in [1.807, 2.05) is 20.8 Å². The number of nitrogens with zero attached hydrogens (tertiary/aromatic N) is 1. The van der Waals surface area contributed by atoms with Gasteiger partial charge in [-0.3, -0.25) is 4.99 Å². The lowest BCUT2D eigenvalue weighted by atomic mass is 9.94. The third-order valence-electron chi connectivity index (χ3n) is 6.95. The summed E-state index contributed by atoms with van der Waals surface area (Å²) < 4.78 is 40.4. The van der Waals surface area contributed by atoms with E-state index in [0.29, 0.717) is 23.3 Å². The second-order valence-electron chi connectivity index (χ2n) is 12.8. The maximum atomic E-state index is 13.3. The molecule has 0 aromatic heterocycles. The summed E-state index contributed by atoms with van der Waals surface area (Å²) >= 11 is 0. The zero-order valence-electron chi connectivity index (χ0n) is 26.8. The van der Waals surface area contributed by atoms with Gasteiger partial charge in [-0.2, -0.15) is 0 Å². The van der Waals surface area contributed by atoms with Crippen LogP contribution in [-0.4, -0.2) is 67.3 Å². The number of urea groups is 1. The number of carbonyl (C=O) groups is 3. The lowest BCUT2D eigenvalue weighted by Gasteiger charge is -2.27. The molecule has 6 N–H and O–H groups in total. The van der Waals surface area contributed by atoms with E-state index in [4.69, 9.17) is 15.2 Å². The number of carbonyl (C=O) groups excluding carboxylic acids is 2. The first-order valence-corrected chi connectivity index (χ1v) is 15.7. The first-order chi connectivity index (χ1) is 19.6. The van der Waals surface area contributed by atoms with Crippen LogP contribution in [0.3, 0.4) is 0 Å². The number of hydrogen-bond donors (Lipinski definition) is 5. The summed E-state index contributed by atoms with van der Waals surface area (Å²) in [5, 5.41) is 14.4. The van der Waals surface area contributed by atoms with Crippen LogP contribution >= 0.6 is 0 Å². The fraction of sp³-hybridized carbons (Fsp3) is 0.655. The molecule has 0 spiro atoms. The minimum atomic E-state index is -4.08. The molecule has 0 fully saturated rings. The first kappa shape index (κ1) is 35.6. The van der Waals surface area contributed by atoms with Gasteiger partial charge in [-0.25, -0.2) is 27.5 Å². The summed E-state index contributed by atoms with van der Waals surface area (Å²) in [4.78, 5) is 41.0. The molecule has 43 heavy (non-hydrogen) atoms. The van der Waals surface area contributed by atoms with Crippen LogP contribution in [0, 0.1) is 26.7 Å². The number of aliphatic carboxylic acids is 1. The molecule has 242 valence electrons. The second kappa shape index (κ2) is 13.4. The lowest BCUT2D eigenvalue weighted by Crippen LogP contribution is -2.53. The van der Waals surface area contributed by atoms with E-state index >= 15 is 0 Å². The van der Waals surface area contributed by atoms with Gasteiger partial charge < -0.3 is 30.9 Å². The number of nitrogens with one attached hydrogen (secondary N) is 3. The second-order valence-corrected chi connectivity index (χ2v) is 14.4. The number of rotatable bonds is 11. The standard InChI is InChI=1S/C29H47N5O8S/c1-15(2)21(25(37)42-28(6,7)8)33-27(38)32-20(24(35)36)12-11-13-31-26(30)34-43(39,40)23-17(4)16(3)22-19(18(23)5)14-29(9,10)41-22/h15,20-21H,11-14H2,1-10H3,(H,35,36)(H3,30,31,34)(H2,32,33,38)/t20-,21-/m0/s1. The number of sulfonamides is 1. The molecule has 0 aliphatic carbocycles. The van der Waals surface area contributed by atoms with E-state index < -0.39 is 51.3 Å². The number of esters is 1. The van der Waals surface area contributed by atoms with E-state index in [0.717, 1.165) is 11.1 Å². The smallest absolute Gasteiger partial charge is 0.329 e. The Balaban J connectivity index is 2.03. The predicted octanol–water partition coefficient (Wildman–Crippen LogP) is 2.82. The number of nitrogens with two attached hydrogens (primary N) is 1. The maximum Gasteiger partial charge on any atom is 0.329 e. The van der Waals surface area contributed by atoms with Crippen LogP contribution in [0.5, 0.6) is 5.75 Å². The molecular formula is C29H47N5O8S. The van der Waals surface area contributed by atoms with Crippen molar-refractivity contribution < 1.29 is 37.4 Å². The van der Waals surface area contributed by atoms with Crippen molar-refractivity contribution in [2.45, 2.75) is 117 Å². The number of amides is 2. The van der Waals surface area contributed by atoms with Gasteiger partial charge in [0.2, 0.25) is 5.96 Å². The number of aliphatic imine (C=N–C) groups is 1. The maximum absolute atomic E-state index is 13.3. The Morgan fingerprint density at radius 1 is 1.09 bits per heavy atom. The molecule has 1 aromatic carbocycles. The summed E-state index contributed by atoms with van der Waals surface area (Å²) in [6.45, 7) is 17.7. The average Bonchev–Trinajstić information content (AvgIpc) is 3.17. The zero-order chi connectivity index (χ0) is 33.1. The molecule has 13 nitrogen and oxygen atoms in total. The quantitative estimate of drug-likeness (QED) is 0.106. The third kappa shape index (κ3) is 9.47. The molecule has 2 rings (SSSR count). The molecular weight excluding hydrogens is 578 g/mol. The largest absolute Gasteiger partial charge is 0.487 e. The summed E-state index contributed by atoms with van der Waals surface area (Å²) in [5.74, 6) is -1.85. The molecule has 0 unspecified atom stereocenters. The Hall–Kier alpha value is -3.55. The van der Waals surface area contributed by atoms with Crippen LogP contribution in [0.2, 0.25) is 0 Å². The number of fused-ring (bicyclic) bond motifs is 1. The summed E-state index contributed by atoms with van der Waals surface area (Å²) in [7, 11) is -4.08. The van der Waals surface area contributed by atoms with Gasteiger partial charge in [0.25, 0.3) is 10.0 Å². The summed E-state index contributed by atoms with van der Waals surface area (Å²) in [6, 6.07) is -3.10. The van der Waals surface area contributed by atoms with Crippen LogP contribution in [0.4, 0.5) is 4.79 Å². The van der Waals surface area contributed by atoms with Crippen LogP contribution in [0.25, 0.3) is 0 Å². The summed E-state index contributed by atoms with van der Waals surface area (Å²) in [6.07, 6.45) is 0.710. The normalized spacial score (nSPS) is 16.1. The van der Waals surface area contributed by atoms with Crippen molar-refractivity contribution in [3.63, 3.8) is 0 Å². The molecule has 2 atom stereocenters. The molecule has 1 aliphatic rings. The molecule has 1 aromatic rings. The van der Waals surface area contributed by atoms with E-state index in [2.05, 4.69) is 20.3 Å². The minimum Gasteiger partial charge on any atom is -0.487 e. The number of benzene rings is 1. The van der Waals surface area contributed by atoms with E-state index in [1.54, 1.807) is 48.5 Å². The molecule has 2 amide bonds. The molecule has 1 aliphatic heterocycles. The lowest BCUT2D eigenvalue weighted by molar-refractivity contribution is -0.158. The van der Waals surface area contributed by atoms with Crippen molar-refractivity contribution in [2.75, 3.05) is 6.54 Å². The van der Waals surface area contributed by atoms with Crippen molar-refractivity contribution in [1.82, 2.24) is 15.4 Å². The van der Waals surface area contributed by atoms with Gasteiger partial charge in [0.15, 0.2) is 0 Å². The van der Waals surface area contributed by atoms with Gasteiger partial charge in [0, 0.05) is 18.5 Å². The summed E-state index contributed by atoms with van der Waals surface area (Å²) in [5.41, 5.74) is 7.41. The Morgan fingerprint density at radius 3 is 2.23 bits per heavy atom. The Kier molecular flexibility index (Phi) is 11.1. The molecule has 0 radical (unpaired) electrons. The van der Waals surface area contributed by atoms with Crippen LogP contribution < -0.4 is 25.8 Å². The third-order valence-corrected chi connectivity index (χ3v) is 8.58. The van der Waals surface area contributed by atoms with Crippen molar-refractivity contribution in [3.05, 3.63) is 22.3 Å². The van der Waals surface area contributed by atoms with Gasteiger partial charge in [0.05, 0.1) is 4.90 Å². The number of carboxylic acids is 1. The Bertz CT molecular complexity index is 1380. The monoisotopic (exact) mass is 625 g/mol. The van der Waals surface area contributed by atoms with Crippen LogP contribution in [0.1, 0.15) is 83.6 Å². The highest BCUT2D eigenvalue weighted by atomic mass is 32.2. The van der Waals surface area contributed by atoms with Gasteiger partial charge in [-0.05, 0) is 90.8 Å². The van der Waals surface area contributed by atoms with Gasteiger partial charge >= 0.3 is 18.0 Å². The molecule has 0 saturated carbocycles. The number of guanidine groups is 1. The molecule has 14 heteroatoms. The van der Waals surface area contributed by atoms with Crippen molar-refractivity contribution >= 4 is 34.0 Å². The van der Waals surface area contributed by atoms with Crippen LogP contribution in [-0.2, 0) is 30.8 Å². The van der Waals surface area contributed by atoms with Gasteiger partial charge in [-0.1, -0.05) is 13.8 Å². The predicted molar refractivity (Wildman–Crippen MR) is 163 cm³/mol. The number of ether oxygens (including phenoxy) is 2. The highest BCUT2D eigenvalue weighted by molar-refractivity contribution is 7.90. The van der Waals surface area contributed by atoms with Crippen molar-refractivity contribution in [3.8, 4) is 5.75 Å². The average molecular weight is 626 g/mol. The van der Waals surface area contributed by atoms with E-state index in [-0.39, 0.29) is 36.2 Å². The van der Waals surface area contributed by atoms with E-state index in [1.165, 1.54) is 0 Å². The first-order valence-electron chi connectivity index (χ1n) is 14.2. The van der Waals surface area contributed by atoms with Gasteiger partial charge in [-0.15, -0.1) is 0 Å². The fourth-order valence-corrected chi connectivity index (χ4v) is 6.35. The Morgan fingerprint density at radius 2 is 1.70 bits per heavy atom. The SMILES string of the molecule is Cc1c(C)c(S(=O)(=O)NC(N)=NCCC[C@H](NC(=O)N[C@H](C(=O)OC(C)(C)C)C(C)C)C(=O)O)c(C)c2c1OC(C)(C)C2. The highest BCUT2D eigenvalue weighted by Gasteiger charge is 2.37.